The number of likely N-dealkylation sites (tertiary alicyclic amines) is 1. The number of carboxylic acid groups (broad SMARTS) is 1. The number of aliphatic hydroxyl groups excluding tert-OH is 2. The van der Waals surface area contributed by atoms with E-state index >= 15 is 0 Å². The van der Waals surface area contributed by atoms with Gasteiger partial charge in [-0.15, -0.1) is 0 Å². The Kier molecular flexibility index (Phi) is 36.7. The van der Waals surface area contributed by atoms with Crippen LogP contribution in [0.25, 0.3) is 0 Å². The minimum Gasteiger partial charge on any atom is -0.480 e. The molecule has 0 spiro atoms. The van der Waals surface area contributed by atoms with Gasteiger partial charge in [-0.1, -0.05) is 75.7 Å². The number of carboxylic acids is 1. The molecular weight excluding hydrogens is 1210 g/mol. The standard InChI is InChI=1S/C58H103N17O17/c1-13-32(10)46(56(90)75-19-15-17-41(75)54(88)67-34(12)57(91)92)74-53(87)40(27-77)73-49(83)35(16-14-18-62-58(60)61)69-50(84)38(22-30(6)7)71-51(85)37(21-29(4)5)70-47(81)33(11)66-52(86)39(26-76)68-44(80)25-64-42(78)23-63-43(79)24-65-48(82)36(20-28(2)3)72-55(89)45(59)31(8)9/h28-41,45-46,76-77H,13-27,59H2,1-12H3,(H,63,79)(H,64,78)(H,65,82)(H,66,86)(H,67,88)(H,68,80)(H,69,84)(H,70,81)(H,71,85)(H,72,89)(H,73,83)(H,74,87)(H,91,92)(H4,60,61,62)/t32-,33-,34-,35-,36-,37-,38-,39-,40-,41-,45-,46-/m0/s1. The van der Waals surface area contributed by atoms with Gasteiger partial charge in [0.25, 0.3) is 0 Å². The van der Waals surface area contributed by atoms with Crippen LogP contribution in [0.15, 0.2) is 4.99 Å². The van der Waals surface area contributed by atoms with Crippen LogP contribution >= 0.6 is 0 Å². The number of nitrogens with zero attached hydrogens (tertiary/aromatic N) is 2. The molecule has 21 N–H and O–H groups in total. The van der Waals surface area contributed by atoms with Gasteiger partial charge in [-0.3, -0.25) is 72.1 Å². The number of guanidine groups is 1. The van der Waals surface area contributed by atoms with Crippen LogP contribution in [-0.2, 0) is 67.1 Å². The Morgan fingerprint density at radius 3 is 1.43 bits per heavy atom. The first-order chi connectivity index (χ1) is 43.0. The number of rotatable bonds is 41. The largest absolute Gasteiger partial charge is 0.480 e. The molecule has 0 aromatic heterocycles. The fourth-order valence-electron chi connectivity index (χ4n) is 9.14. The molecule has 0 aromatic rings. The van der Waals surface area contributed by atoms with Crippen LogP contribution in [0.1, 0.15) is 134 Å². The van der Waals surface area contributed by atoms with E-state index in [1.54, 1.807) is 55.4 Å². The van der Waals surface area contributed by atoms with Gasteiger partial charge in [-0.05, 0) is 88.4 Å². The molecule has 13 amide bonds. The molecule has 1 fully saturated rings. The Morgan fingerprint density at radius 2 is 0.946 bits per heavy atom. The number of nitrogens with one attached hydrogen (secondary N) is 12. The molecule has 0 aromatic carbocycles. The number of aliphatic hydroxyl groups is 2. The molecule has 12 atom stereocenters. The van der Waals surface area contributed by atoms with Gasteiger partial charge in [0.1, 0.15) is 60.4 Å². The third-order valence-electron chi connectivity index (χ3n) is 14.7. The van der Waals surface area contributed by atoms with E-state index in [0.29, 0.717) is 12.8 Å². The van der Waals surface area contributed by atoms with Crippen molar-refractivity contribution in [1.82, 2.24) is 68.7 Å². The number of carbonyl (C=O) groups is 14. The second-order valence-corrected chi connectivity index (χ2v) is 24.5. The molecular formula is C58H103N17O17. The van der Waals surface area contributed by atoms with Gasteiger partial charge in [-0.2, -0.15) is 0 Å². The highest BCUT2D eigenvalue weighted by Gasteiger charge is 2.41. The number of aliphatic imine (C=N–C) groups is 1. The van der Waals surface area contributed by atoms with Crippen LogP contribution in [-0.4, -0.2) is 221 Å². The summed E-state index contributed by atoms with van der Waals surface area (Å²) in [6.45, 7) is 16.3. The first-order valence-electron chi connectivity index (χ1n) is 31.1. The normalized spacial score (nSPS) is 16.5. The average Bonchev–Trinajstić information content (AvgIpc) is 3.02. The average molecular weight is 1310 g/mol. The van der Waals surface area contributed by atoms with Crippen LogP contribution in [0.5, 0.6) is 0 Å². The number of hydrogen-bond donors (Lipinski definition) is 18. The number of amides is 13. The Bertz CT molecular complexity index is 2570. The van der Waals surface area contributed by atoms with Crippen molar-refractivity contribution >= 4 is 88.7 Å². The molecule has 1 aliphatic rings. The molecule has 1 rings (SSSR count). The maximum absolute atomic E-state index is 14.3. The number of carbonyl (C=O) groups excluding carboxylic acids is 13. The third kappa shape index (κ3) is 29.8. The van der Waals surface area contributed by atoms with Crippen LogP contribution < -0.4 is 81.0 Å². The molecule has 0 saturated carbocycles. The summed E-state index contributed by atoms with van der Waals surface area (Å²) >= 11 is 0. The van der Waals surface area contributed by atoms with Crippen LogP contribution in [0.4, 0.5) is 0 Å². The SMILES string of the molecule is CC[C@H](C)[C@H](NC(=O)[C@H](CO)NC(=O)[C@H](CCCN=C(N)N)NC(=O)[C@H](CC(C)C)NC(=O)[C@H](CC(C)C)NC(=O)[C@H](C)NC(=O)[C@H](CO)NC(=O)CNC(=O)CNC(=O)CNC(=O)[C@H](CC(C)C)NC(=O)[C@@H](N)C(C)C)C(=O)N1CCC[C@H]1C(=O)N[C@@H](C)C(=O)O. The fraction of sp³-hybridized carbons (Fsp3) is 0.741. The van der Waals surface area contributed by atoms with Crippen molar-refractivity contribution in [2.75, 3.05) is 45.9 Å². The second kappa shape index (κ2) is 41.3. The zero-order valence-corrected chi connectivity index (χ0v) is 55.0. The number of nitrogens with two attached hydrogens (primary N) is 3. The molecule has 0 aliphatic carbocycles. The van der Waals surface area contributed by atoms with Crippen LogP contribution in [0.3, 0.4) is 0 Å². The van der Waals surface area contributed by atoms with E-state index in [1.807, 2.05) is 13.8 Å². The predicted octanol–water partition coefficient (Wildman–Crippen LogP) is -5.98. The Hall–Kier alpha value is -8.27. The van der Waals surface area contributed by atoms with Gasteiger partial charge >= 0.3 is 5.97 Å². The van der Waals surface area contributed by atoms with Crippen molar-refractivity contribution in [3.05, 3.63) is 0 Å². The molecule has 1 heterocycles. The summed E-state index contributed by atoms with van der Waals surface area (Å²) in [4.78, 5) is 190. The van der Waals surface area contributed by atoms with Crippen molar-refractivity contribution in [3.63, 3.8) is 0 Å². The van der Waals surface area contributed by atoms with Gasteiger partial charge in [0, 0.05) is 13.1 Å². The summed E-state index contributed by atoms with van der Waals surface area (Å²) in [5.41, 5.74) is 16.9. The highest BCUT2D eigenvalue weighted by Crippen LogP contribution is 2.22. The molecule has 522 valence electrons. The second-order valence-electron chi connectivity index (χ2n) is 24.5. The lowest BCUT2D eigenvalue weighted by atomic mass is 9.96. The highest BCUT2D eigenvalue weighted by molar-refractivity contribution is 5.99. The van der Waals surface area contributed by atoms with E-state index in [1.165, 1.54) is 18.7 Å². The monoisotopic (exact) mass is 1310 g/mol. The van der Waals surface area contributed by atoms with Crippen molar-refractivity contribution in [1.29, 1.82) is 0 Å². The van der Waals surface area contributed by atoms with E-state index in [2.05, 4.69) is 68.8 Å². The zero-order valence-electron chi connectivity index (χ0n) is 55.0. The quantitative estimate of drug-likeness (QED) is 0.0154. The summed E-state index contributed by atoms with van der Waals surface area (Å²) in [7, 11) is 0. The molecule has 34 heteroatoms. The molecule has 92 heavy (non-hydrogen) atoms. The summed E-state index contributed by atoms with van der Waals surface area (Å²) < 4.78 is 0. The summed E-state index contributed by atoms with van der Waals surface area (Å²) in [5.74, 6) is -13.5. The van der Waals surface area contributed by atoms with E-state index in [0.717, 1.165) is 0 Å². The Labute approximate surface area is 536 Å². The van der Waals surface area contributed by atoms with E-state index in [9.17, 15) is 82.4 Å². The summed E-state index contributed by atoms with van der Waals surface area (Å²) in [6, 6.07) is -14.3. The van der Waals surface area contributed by atoms with Gasteiger partial charge in [0.15, 0.2) is 5.96 Å². The van der Waals surface area contributed by atoms with Crippen LogP contribution in [0.2, 0.25) is 0 Å². The maximum atomic E-state index is 14.3. The van der Waals surface area contributed by atoms with Crippen molar-refractivity contribution in [3.8, 4) is 0 Å². The molecule has 0 radical (unpaired) electrons. The van der Waals surface area contributed by atoms with Gasteiger partial charge in [0.2, 0.25) is 76.8 Å². The van der Waals surface area contributed by atoms with Crippen molar-refractivity contribution < 1.29 is 82.4 Å². The predicted molar refractivity (Wildman–Crippen MR) is 335 cm³/mol. The van der Waals surface area contributed by atoms with E-state index in [-0.39, 0.29) is 81.2 Å². The fourth-order valence-corrected chi connectivity index (χ4v) is 9.14. The highest BCUT2D eigenvalue weighted by atomic mass is 16.4. The molecule has 34 nitrogen and oxygen atoms in total. The lowest BCUT2D eigenvalue weighted by molar-refractivity contribution is -0.145. The lowest BCUT2D eigenvalue weighted by Crippen LogP contribution is -2.61. The summed E-state index contributed by atoms with van der Waals surface area (Å²) in [5, 5.41) is 59.1. The minimum absolute atomic E-state index is 0.00640. The van der Waals surface area contributed by atoms with Gasteiger partial charge < -0.3 is 101 Å². The molecule has 1 saturated heterocycles. The number of aliphatic carboxylic acids is 1. The van der Waals surface area contributed by atoms with Crippen LogP contribution in [0, 0.1) is 29.6 Å². The number of hydrogen-bond acceptors (Lipinski definition) is 18. The maximum Gasteiger partial charge on any atom is 0.325 e. The van der Waals surface area contributed by atoms with Gasteiger partial charge in [0.05, 0.1) is 38.9 Å². The smallest absolute Gasteiger partial charge is 0.325 e. The van der Waals surface area contributed by atoms with Gasteiger partial charge in [-0.25, -0.2) is 0 Å². The Morgan fingerprint density at radius 1 is 0.511 bits per heavy atom. The van der Waals surface area contributed by atoms with Crippen molar-refractivity contribution in [2.45, 2.75) is 201 Å². The molecule has 0 bridgehead atoms. The molecule has 0 unspecified atom stereocenters. The van der Waals surface area contributed by atoms with E-state index in [4.69, 9.17) is 17.2 Å². The first-order valence-corrected chi connectivity index (χ1v) is 31.1. The zero-order chi connectivity index (χ0) is 70.3. The minimum atomic E-state index is -1.70. The van der Waals surface area contributed by atoms with E-state index < -0.39 is 188 Å². The topological polar surface area (TPSA) is 538 Å². The first kappa shape index (κ1) is 81.7. The molecule has 1 aliphatic heterocycles. The summed E-state index contributed by atoms with van der Waals surface area (Å²) in [6.07, 6.45) is 1.18. The Balaban J connectivity index is 3.14. The third-order valence-corrected chi connectivity index (χ3v) is 14.7. The van der Waals surface area contributed by atoms with Crippen molar-refractivity contribution in [2.24, 2.45) is 51.8 Å². The lowest BCUT2D eigenvalue weighted by Gasteiger charge is -2.32.